The van der Waals surface area contributed by atoms with E-state index >= 15 is 0 Å². The first-order valence-corrected chi connectivity index (χ1v) is 21.0. The molecule has 6 aromatic carbocycles. The molecule has 0 aliphatic heterocycles. The highest BCUT2D eigenvalue weighted by Gasteiger charge is 2.25. The van der Waals surface area contributed by atoms with Gasteiger partial charge in [0.1, 0.15) is 11.6 Å². The largest absolute Gasteiger partial charge is 0.507 e. The minimum absolute atomic E-state index is 0.0749. The number of rotatable bonds is 9. The summed E-state index contributed by atoms with van der Waals surface area (Å²) in [7, 11) is 0. The number of hydrogen-bond acceptors (Lipinski definition) is 3. The van der Waals surface area contributed by atoms with E-state index in [1.54, 1.807) is 18.3 Å². The minimum Gasteiger partial charge on any atom is -0.507 e. The highest BCUT2D eigenvalue weighted by Crippen LogP contribution is 2.44. The Morgan fingerprint density at radius 1 is 0.617 bits per heavy atom. The maximum absolute atomic E-state index is 12.2. The lowest BCUT2D eigenvalue weighted by Gasteiger charge is -2.22. The van der Waals surface area contributed by atoms with Crippen LogP contribution in [0.1, 0.15) is 113 Å². The summed E-state index contributed by atoms with van der Waals surface area (Å²) in [4.78, 5) is 10.4. The molecule has 0 atom stereocenters. The van der Waals surface area contributed by atoms with E-state index in [-0.39, 0.29) is 23.0 Å². The molecule has 8 rings (SSSR count). The number of pyridine rings is 1. The van der Waals surface area contributed by atoms with Crippen LogP contribution in [0.3, 0.4) is 0 Å². The second-order valence-corrected chi connectivity index (χ2v) is 17.9. The van der Waals surface area contributed by atoms with Gasteiger partial charge in [0, 0.05) is 28.5 Å². The molecule has 0 fully saturated rings. The lowest BCUT2D eigenvalue weighted by atomic mass is 9.83. The zero-order valence-corrected chi connectivity index (χ0v) is 36.2. The van der Waals surface area contributed by atoms with Gasteiger partial charge in [-0.05, 0) is 129 Å². The van der Waals surface area contributed by atoms with Gasteiger partial charge in [-0.25, -0.2) is 4.98 Å². The van der Waals surface area contributed by atoms with E-state index in [4.69, 9.17) is 14.1 Å². The van der Waals surface area contributed by atoms with Crippen molar-refractivity contribution in [2.24, 2.45) is 0 Å². The third-order valence-corrected chi connectivity index (χ3v) is 11.6. The number of fused-ring (bicyclic) bond motifs is 1. The average Bonchev–Trinajstić information content (AvgIpc) is 3.65. The molecule has 2 aromatic heterocycles. The molecule has 0 spiro atoms. The lowest BCUT2D eigenvalue weighted by molar-refractivity contribution is 0.466. The van der Waals surface area contributed by atoms with Crippen molar-refractivity contribution in [3.05, 3.63) is 167 Å². The van der Waals surface area contributed by atoms with E-state index in [1.807, 2.05) is 50.2 Å². The monoisotopic (exact) mass is 791 g/mol. The predicted octanol–water partition coefficient (Wildman–Crippen LogP) is 15.4. The van der Waals surface area contributed by atoms with Gasteiger partial charge in [0.15, 0.2) is 0 Å². The fraction of sp³-hybridized carbons (Fsp3) is 0.250. The number of para-hydroxylation sites is 1. The summed E-state index contributed by atoms with van der Waals surface area (Å²) in [5.74, 6) is 0.201. The first-order chi connectivity index (χ1) is 30.2. The van der Waals surface area contributed by atoms with Crippen LogP contribution in [0.4, 0.5) is 0 Å². The third kappa shape index (κ3) is 7.79. The first kappa shape index (κ1) is 35.7. The number of phenolic OH excluding ortho intramolecular Hbond substituents is 1. The van der Waals surface area contributed by atoms with Crippen LogP contribution in [0.15, 0.2) is 140 Å². The van der Waals surface area contributed by atoms with Crippen molar-refractivity contribution in [1.29, 1.82) is 0 Å². The zero-order chi connectivity index (χ0) is 45.9. The van der Waals surface area contributed by atoms with Crippen LogP contribution in [-0.4, -0.2) is 19.6 Å². The summed E-state index contributed by atoms with van der Waals surface area (Å²) < 4.78 is 35.0. The van der Waals surface area contributed by atoms with Gasteiger partial charge in [-0.2, -0.15) is 0 Å². The molecule has 0 saturated carbocycles. The van der Waals surface area contributed by atoms with Crippen LogP contribution in [0.5, 0.6) is 5.75 Å². The number of aromatic hydroxyl groups is 1. The maximum Gasteiger partial charge on any atom is 0.149 e. The van der Waals surface area contributed by atoms with Gasteiger partial charge in [0.2, 0.25) is 0 Å². The molecule has 0 unspecified atom stereocenters. The van der Waals surface area contributed by atoms with Gasteiger partial charge in [-0.15, -0.1) is 0 Å². The van der Waals surface area contributed by atoms with E-state index in [0.29, 0.717) is 17.0 Å². The average molecular weight is 792 g/mol. The number of imidazole rings is 1. The summed E-state index contributed by atoms with van der Waals surface area (Å²) in [5.41, 5.74) is 14.8. The number of aryl methyl sites for hydroxylation is 1. The Kier molecular flexibility index (Phi) is 9.55. The van der Waals surface area contributed by atoms with Crippen LogP contribution >= 0.6 is 0 Å². The highest BCUT2D eigenvalue weighted by molar-refractivity contribution is 5.97. The SMILES string of the molecule is [2H]C([2H])([2H])c1ccc(-c2ccnc(-c3cc(-c4cccc5c4nc(-c4cc(C(C)C)cc(C(C)C)c4O)n5-c4ccc(-c5ccccc5)c(C([2H])(C)C)c4)cc(C(C)(C)C)c3)c2)cc1. The van der Waals surface area contributed by atoms with E-state index in [2.05, 4.69) is 138 Å². The summed E-state index contributed by atoms with van der Waals surface area (Å²) in [6.07, 6.45) is 1.80. The van der Waals surface area contributed by atoms with Gasteiger partial charge in [-0.1, -0.05) is 153 Å². The van der Waals surface area contributed by atoms with Gasteiger partial charge in [0.05, 0.1) is 22.3 Å². The van der Waals surface area contributed by atoms with Crippen molar-refractivity contribution < 1.29 is 10.6 Å². The Morgan fingerprint density at radius 2 is 1.37 bits per heavy atom. The Bertz CT molecular complexity index is 3000. The van der Waals surface area contributed by atoms with Gasteiger partial charge < -0.3 is 5.11 Å². The van der Waals surface area contributed by atoms with E-state index in [0.717, 1.165) is 83.6 Å². The number of nitrogens with zero attached hydrogens (tertiary/aromatic N) is 3. The molecule has 2 heterocycles. The van der Waals surface area contributed by atoms with Crippen molar-refractivity contribution in [2.45, 2.75) is 92.3 Å². The Balaban J connectivity index is 1.38. The molecule has 4 nitrogen and oxygen atoms in total. The molecule has 0 aliphatic carbocycles. The second kappa shape index (κ2) is 16.1. The van der Waals surface area contributed by atoms with Crippen LogP contribution < -0.4 is 0 Å². The van der Waals surface area contributed by atoms with E-state index < -0.39 is 12.7 Å². The normalized spacial score (nSPS) is 13.4. The molecule has 0 aliphatic rings. The molecule has 0 radical (unpaired) electrons. The Hall–Kier alpha value is -6.26. The quantitative estimate of drug-likeness (QED) is 0.158. The fourth-order valence-corrected chi connectivity index (χ4v) is 8.15. The number of aromatic nitrogens is 3. The number of phenols is 1. The molecule has 0 saturated heterocycles. The third-order valence-electron chi connectivity index (χ3n) is 11.6. The summed E-state index contributed by atoms with van der Waals surface area (Å²) in [6, 6.07) is 44.8. The molecule has 60 heavy (non-hydrogen) atoms. The van der Waals surface area contributed by atoms with Crippen molar-refractivity contribution in [3.63, 3.8) is 0 Å². The maximum atomic E-state index is 12.2. The fourth-order valence-electron chi connectivity index (χ4n) is 8.15. The molecule has 0 amide bonds. The predicted molar refractivity (Wildman–Crippen MR) is 253 cm³/mol. The van der Waals surface area contributed by atoms with Crippen LogP contribution in [0, 0.1) is 6.85 Å². The van der Waals surface area contributed by atoms with Gasteiger partial charge in [-0.3, -0.25) is 9.55 Å². The molecule has 8 aromatic rings. The Morgan fingerprint density at radius 3 is 2.05 bits per heavy atom. The van der Waals surface area contributed by atoms with E-state index in [9.17, 15) is 6.48 Å². The smallest absolute Gasteiger partial charge is 0.149 e. The highest BCUT2D eigenvalue weighted by atomic mass is 16.3. The van der Waals surface area contributed by atoms with Crippen molar-refractivity contribution in [1.82, 2.24) is 14.5 Å². The van der Waals surface area contributed by atoms with Crippen molar-refractivity contribution >= 4 is 11.0 Å². The standard InChI is InChI=1S/C56H57N3O/c1-34(2)41-30-49(36(5)6)54(60)50(31-41)55-58-53-47(17-14-18-52(53)59(55)45-23-24-46(48(33-45)35(3)4)39-15-12-11-13-16-39)42-27-43(29-44(28-42)56(8,9)10)51-32-40(25-26-57-51)38-21-19-37(7)20-22-38/h11-36,60H,1-10H3/i7D3,35D. The molecular weight excluding hydrogens is 731 g/mol. The number of hydrogen-bond donors (Lipinski definition) is 1. The van der Waals surface area contributed by atoms with Crippen LogP contribution in [0.2, 0.25) is 0 Å². The van der Waals surface area contributed by atoms with E-state index in [1.165, 1.54) is 0 Å². The molecule has 302 valence electrons. The van der Waals surface area contributed by atoms with Crippen LogP contribution in [0.25, 0.3) is 72.7 Å². The van der Waals surface area contributed by atoms with Gasteiger partial charge >= 0.3 is 0 Å². The topological polar surface area (TPSA) is 50.9 Å². The molecule has 4 heteroatoms. The second-order valence-electron chi connectivity index (χ2n) is 17.9. The lowest BCUT2D eigenvalue weighted by Crippen LogP contribution is -2.11. The number of benzene rings is 6. The summed E-state index contributed by atoms with van der Waals surface area (Å²) in [6.45, 7) is 16.9. The summed E-state index contributed by atoms with van der Waals surface area (Å²) >= 11 is 0. The zero-order valence-electron chi connectivity index (χ0n) is 40.2. The van der Waals surface area contributed by atoms with Crippen molar-refractivity contribution in [2.75, 3.05) is 0 Å². The van der Waals surface area contributed by atoms with Crippen LogP contribution in [-0.2, 0) is 5.41 Å². The molecular formula is C56H57N3O. The Labute approximate surface area is 362 Å². The van der Waals surface area contributed by atoms with Crippen molar-refractivity contribution in [3.8, 4) is 67.5 Å². The minimum atomic E-state index is -2.17. The molecule has 1 N–H and O–H groups in total. The van der Waals surface area contributed by atoms with Gasteiger partial charge in [0.25, 0.3) is 0 Å². The summed E-state index contributed by atoms with van der Waals surface area (Å²) in [5, 5.41) is 12.2. The molecule has 0 bridgehead atoms. The first-order valence-electron chi connectivity index (χ1n) is 23.0.